The molecule has 0 saturated carbocycles. The van der Waals surface area contributed by atoms with Gasteiger partial charge in [-0.1, -0.05) is 27.7 Å². The van der Waals surface area contributed by atoms with Crippen LogP contribution in [-0.4, -0.2) is 43.2 Å². The van der Waals surface area contributed by atoms with Crippen molar-refractivity contribution < 1.29 is 4.79 Å². The molecular weight excluding hydrogens is 446 g/mol. The molecule has 3 aromatic heterocycles. The van der Waals surface area contributed by atoms with Crippen molar-refractivity contribution in [3.63, 3.8) is 0 Å². The van der Waals surface area contributed by atoms with Gasteiger partial charge in [-0.2, -0.15) is 5.10 Å². The summed E-state index contributed by atoms with van der Waals surface area (Å²) in [4.78, 5) is 34.8. The summed E-state index contributed by atoms with van der Waals surface area (Å²) in [7, 11) is 1.82. The number of thiophene rings is 1. The van der Waals surface area contributed by atoms with Gasteiger partial charge in [0.25, 0.3) is 11.5 Å². The van der Waals surface area contributed by atoms with E-state index in [9.17, 15) is 9.59 Å². The fourth-order valence-electron chi connectivity index (χ4n) is 4.40. The number of fused-ring (bicyclic) bond motifs is 1. The maximum absolute atomic E-state index is 13.2. The summed E-state index contributed by atoms with van der Waals surface area (Å²) in [5.74, 6) is 0.00611. The van der Waals surface area contributed by atoms with Crippen molar-refractivity contribution in [2.75, 3.05) is 13.1 Å². The Labute approximate surface area is 198 Å². The normalized spacial score (nSPS) is 15.2. The van der Waals surface area contributed by atoms with Crippen LogP contribution in [0.25, 0.3) is 10.2 Å². The molecule has 0 spiro atoms. The molecule has 4 rings (SSSR count). The van der Waals surface area contributed by atoms with Gasteiger partial charge in [-0.15, -0.1) is 23.7 Å². The first kappa shape index (κ1) is 24.5. The standard InChI is InChI=1S/C23H31N5O2S.ClH/c1-7-16-14(2)31-20-19(16)22(30)28(13-24-20)15-8-10-27(11-9-15)21(29)17-12-18(23(3,4)5)25-26(17)6;/h12-13,15H,7-11H2,1-6H3;1H. The Kier molecular flexibility index (Phi) is 6.86. The second-order valence-corrected chi connectivity index (χ2v) is 10.6. The number of aromatic nitrogens is 4. The second-order valence-electron chi connectivity index (χ2n) is 9.44. The van der Waals surface area contributed by atoms with Crippen LogP contribution in [0.5, 0.6) is 0 Å². The second kappa shape index (κ2) is 8.98. The van der Waals surface area contributed by atoms with E-state index < -0.39 is 0 Å². The number of carbonyl (C=O) groups excluding carboxylic acids is 1. The molecule has 0 radical (unpaired) electrons. The van der Waals surface area contributed by atoms with E-state index in [2.05, 4.69) is 44.7 Å². The predicted octanol–water partition coefficient (Wildman–Crippen LogP) is 4.26. The molecule has 0 bridgehead atoms. The molecule has 174 valence electrons. The minimum Gasteiger partial charge on any atom is -0.337 e. The molecule has 1 amide bonds. The summed E-state index contributed by atoms with van der Waals surface area (Å²) in [5.41, 5.74) is 2.60. The smallest absolute Gasteiger partial charge is 0.272 e. The van der Waals surface area contributed by atoms with E-state index in [4.69, 9.17) is 0 Å². The van der Waals surface area contributed by atoms with E-state index in [1.54, 1.807) is 26.9 Å². The maximum atomic E-state index is 13.2. The van der Waals surface area contributed by atoms with Crippen molar-refractivity contribution in [3.8, 4) is 0 Å². The monoisotopic (exact) mass is 477 g/mol. The highest BCUT2D eigenvalue weighted by Crippen LogP contribution is 2.29. The van der Waals surface area contributed by atoms with Crippen LogP contribution in [0.1, 0.15) is 73.2 Å². The molecular formula is C23H32ClN5O2S. The first-order valence-electron chi connectivity index (χ1n) is 10.9. The zero-order valence-corrected chi connectivity index (χ0v) is 21.3. The topological polar surface area (TPSA) is 73.0 Å². The maximum Gasteiger partial charge on any atom is 0.272 e. The number of likely N-dealkylation sites (tertiary alicyclic amines) is 1. The van der Waals surface area contributed by atoms with E-state index in [-0.39, 0.29) is 35.3 Å². The van der Waals surface area contributed by atoms with Gasteiger partial charge in [-0.3, -0.25) is 18.8 Å². The average Bonchev–Trinajstić information content (AvgIpc) is 3.27. The van der Waals surface area contributed by atoms with Gasteiger partial charge in [0.15, 0.2) is 0 Å². The van der Waals surface area contributed by atoms with Crippen molar-refractivity contribution in [3.05, 3.63) is 44.6 Å². The number of hydrogen-bond donors (Lipinski definition) is 0. The van der Waals surface area contributed by atoms with Crippen LogP contribution in [0.2, 0.25) is 0 Å². The summed E-state index contributed by atoms with van der Waals surface area (Å²) in [6.07, 6.45) is 4.01. The number of nitrogens with zero attached hydrogens (tertiary/aromatic N) is 5. The molecule has 7 nitrogen and oxygen atoms in total. The molecule has 32 heavy (non-hydrogen) atoms. The molecule has 4 heterocycles. The van der Waals surface area contributed by atoms with Gasteiger partial charge in [-0.25, -0.2) is 4.98 Å². The Morgan fingerprint density at radius 1 is 1.25 bits per heavy atom. The molecule has 0 unspecified atom stereocenters. The Balaban J connectivity index is 0.00000289. The number of rotatable bonds is 3. The molecule has 1 aliphatic rings. The highest BCUT2D eigenvalue weighted by molar-refractivity contribution is 7.18. The lowest BCUT2D eigenvalue weighted by Gasteiger charge is -2.32. The average molecular weight is 478 g/mol. The van der Waals surface area contributed by atoms with E-state index in [1.165, 1.54) is 4.88 Å². The number of amides is 1. The van der Waals surface area contributed by atoms with Crippen molar-refractivity contribution in [2.24, 2.45) is 7.05 Å². The summed E-state index contributed by atoms with van der Waals surface area (Å²) < 4.78 is 3.47. The zero-order chi connectivity index (χ0) is 22.5. The Hall–Kier alpha value is -2.19. The minimum atomic E-state index is -0.104. The molecule has 0 N–H and O–H groups in total. The SMILES string of the molecule is CCc1c(C)sc2ncn(C3CCN(C(=O)c4cc(C(C)(C)C)nn4C)CC3)c(=O)c12.Cl. The van der Waals surface area contributed by atoms with Gasteiger partial charge < -0.3 is 4.90 Å². The molecule has 9 heteroatoms. The number of aryl methyl sites for hydroxylation is 3. The van der Waals surface area contributed by atoms with Gasteiger partial charge in [0.2, 0.25) is 0 Å². The Morgan fingerprint density at radius 2 is 1.91 bits per heavy atom. The molecule has 0 atom stereocenters. The minimum absolute atomic E-state index is 0. The Morgan fingerprint density at radius 3 is 2.47 bits per heavy atom. The van der Waals surface area contributed by atoms with Crippen LogP contribution in [0.15, 0.2) is 17.2 Å². The Bertz CT molecular complexity index is 1200. The fourth-order valence-corrected chi connectivity index (χ4v) is 5.47. The molecule has 1 saturated heterocycles. The third-order valence-electron chi connectivity index (χ3n) is 6.30. The van der Waals surface area contributed by atoms with Gasteiger partial charge in [0.1, 0.15) is 10.5 Å². The van der Waals surface area contributed by atoms with Crippen LogP contribution in [0.4, 0.5) is 0 Å². The highest BCUT2D eigenvalue weighted by atomic mass is 35.5. The number of hydrogen-bond acceptors (Lipinski definition) is 5. The van der Waals surface area contributed by atoms with Crippen LogP contribution < -0.4 is 5.56 Å². The predicted molar refractivity (Wildman–Crippen MR) is 131 cm³/mol. The van der Waals surface area contributed by atoms with Crippen molar-refractivity contribution in [1.29, 1.82) is 0 Å². The summed E-state index contributed by atoms with van der Waals surface area (Å²) in [5, 5.41) is 5.31. The van der Waals surface area contributed by atoms with Crippen molar-refractivity contribution in [2.45, 2.75) is 65.3 Å². The van der Waals surface area contributed by atoms with E-state index in [1.807, 2.05) is 18.0 Å². The molecule has 0 aliphatic carbocycles. The molecule has 3 aromatic rings. The molecule has 1 fully saturated rings. The van der Waals surface area contributed by atoms with Gasteiger partial charge in [-0.05, 0) is 37.8 Å². The lowest BCUT2D eigenvalue weighted by Crippen LogP contribution is -2.41. The van der Waals surface area contributed by atoms with Crippen LogP contribution in [0.3, 0.4) is 0 Å². The quantitative estimate of drug-likeness (QED) is 0.565. The highest BCUT2D eigenvalue weighted by Gasteiger charge is 2.29. The first-order valence-corrected chi connectivity index (χ1v) is 11.8. The lowest BCUT2D eigenvalue weighted by atomic mass is 9.92. The number of halogens is 1. The largest absolute Gasteiger partial charge is 0.337 e. The summed E-state index contributed by atoms with van der Waals surface area (Å²) in [6.45, 7) is 11.7. The van der Waals surface area contributed by atoms with Gasteiger partial charge in [0.05, 0.1) is 17.4 Å². The third kappa shape index (κ3) is 4.22. The summed E-state index contributed by atoms with van der Waals surface area (Å²) >= 11 is 1.59. The van der Waals surface area contributed by atoms with Crippen LogP contribution in [0, 0.1) is 6.92 Å². The van der Waals surface area contributed by atoms with E-state index in [0.29, 0.717) is 18.8 Å². The number of carbonyl (C=O) groups is 1. The van der Waals surface area contributed by atoms with Crippen LogP contribution in [-0.2, 0) is 18.9 Å². The zero-order valence-electron chi connectivity index (χ0n) is 19.6. The summed E-state index contributed by atoms with van der Waals surface area (Å²) in [6, 6.07) is 1.97. The van der Waals surface area contributed by atoms with E-state index >= 15 is 0 Å². The van der Waals surface area contributed by atoms with Crippen molar-refractivity contribution >= 4 is 39.9 Å². The van der Waals surface area contributed by atoms with Crippen molar-refractivity contribution in [1.82, 2.24) is 24.2 Å². The van der Waals surface area contributed by atoms with Crippen LogP contribution >= 0.6 is 23.7 Å². The molecule has 0 aromatic carbocycles. The number of piperidine rings is 1. The third-order valence-corrected chi connectivity index (χ3v) is 7.36. The van der Waals surface area contributed by atoms with Gasteiger partial charge >= 0.3 is 0 Å². The van der Waals surface area contributed by atoms with Gasteiger partial charge in [0, 0.05) is 36.5 Å². The lowest BCUT2D eigenvalue weighted by molar-refractivity contribution is 0.0682. The molecule has 1 aliphatic heterocycles. The van der Waals surface area contributed by atoms with E-state index in [0.717, 1.165) is 40.7 Å². The first-order chi connectivity index (χ1) is 14.6. The fraction of sp³-hybridized carbons (Fsp3) is 0.565.